The molecule has 0 radical (unpaired) electrons. The Hall–Kier alpha value is -1.45. The van der Waals surface area contributed by atoms with Crippen LogP contribution in [0.2, 0.25) is 0 Å². The van der Waals surface area contributed by atoms with Crippen LogP contribution >= 0.6 is 15.9 Å². The smallest absolute Gasteiger partial charge is 0.239 e. The summed E-state index contributed by atoms with van der Waals surface area (Å²) in [4.78, 5) is 22.1. The van der Waals surface area contributed by atoms with Crippen LogP contribution in [-0.2, 0) is 10.2 Å². The topological polar surface area (TPSA) is 60.2 Å². The van der Waals surface area contributed by atoms with Gasteiger partial charge in [-0.2, -0.15) is 5.26 Å². The molecule has 0 aromatic carbocycles. The Bertz CT molecular complexity index is 839. The van der Waals surface area contributed by atoms with Gasteiger partial charge in [0.1, 0.15) is 5.54 Å². The third-order valence-corrected chi connectivity index (χ3v) is 7.55. The molecule has 3 heterocycles. The molecular weight excluding hydrogens is 392 g/mol. The molecule has 1 unspecified atom stereocenters. The third-order valence-electron chi connectivity index (χ3n) is 7.12. The van der Waals surface area contributed by atoms with E-state index in [2.05, 4.69) is 31.9 Å². The molecule has 2 aliphatic heterocycles. The Labute approximate surface area is 162 Å². The zero-order valence-electron chi connectivity index (χ0n) is 15.2. The van der Waals surface area contributed by atoms with E-state index in [-0.39, 0.29) is 17.5 Å². The standard InChI is InChI=1S/C20H23BrN4O/c1-19(2)17-16(6-13(21)9-23-17)25(18(19)26)15-7-20(8-15,11-22)24-10-12-3-4-14(24)5-12/h6,9,12,14-15H,3-5,7-8,10H2,1-2H3/t12?,14-,15?,20?/m1/s1. The van der Waals surface area contributed by atoms with Gasteiger partial charge in [0, 0.05) is 42.1 Å². The minimum Gasteiger partial charge on any atom is -0.306 e. The van der Waals surface area contributed by atoms with Crippen molar-refractivity contribution in [3.05, 3.63) is 22.4 Å². The number of piperidine rings is 1. The summed E-state index contributed by atoms with van der Waals surface area (Å²) in [6, 6.07) is 5.30. The molecule has 1 aromatic heterocycles. The van der Waals surface area contributed by atoms with Gasteiger partial charge >= 0.3 is 0 Å². The van der Waals surface area contributed by atoms with Crippen LogP contribution in [-0.4, -0.2) is 40.0 Å². The number of halogens is 1. The Kier molecular flexibility index (Phi) is 3.40. The fourth-order valence-corrected chi connectivity index (χ4v) is 6.03. The molecule has 0 N–H and O–H groups in total. The minimum absolute atomic E-state index is 0.0953. The van der Waals surface area contributed by atoms with Gasteiger partial charge in [-0.25, -0.2) is 0 Å². The predicted octanol–water partition coefficient (Wildman–Crippen LogP) is 3.38. The van der Waals surface area contributed by atoms with Gasteiger partial charge < -0.3 is 4.90 Å². The number of hydrogen-bond donors (Lipinski definition) is 0. The number of fused-ring (bicyclic) bond motifs is 3. The Morgan fingerprint density at radius 2 is 2.08 bits per heavy atom. The molecule has 2 bridgehead atoms. The number of nitriles is 1. The summed E-state index contributed by atoms with van der Waals surface area (Å²) in [6.45, 7) is 4.96. The lowest BCUT2D eigenvalue weighted by atomic mass is 9.70. The lowest BCUT2D eigenvalue weighted by molar-refractivity contribution is -0.123. The molecule has 2 saturated carbocycles. The highest BCUT2D eigenvalue weighted by Gasteiger charge is 2.59. The lowest BCUT2D eigenvalue weighted by Gasteiger charge is -2.53. The minimum atomic E-state index is -0.604. The monoisotopic (exact) mass is 414 g/mol. The largest absolute Gasteiger partial charge is 0.306 e. The number of carbonyl (C=O) groups excluding carboxylic acids is 1. The summed E-state index contributed by atoms with van der Waals surface area (Å²) in [5.74, 6) is 0.884. The maximum absolute atomic E-state index is 13.2. The van der Waals surface area contributed by atoms with E-state index in [1.54, 1.807) is 6.20 Å². The van der Waals surface area contributed by atoms with E-state index in [4.69, 9.17) is 0 Å². The Balaban J connectivity index is 1.44. The van der Waals surface area contributed by atoms with Gasteiger partial charge in [-0.1, -0.05) is 0 Å². The highest BCUT2D eigenvalue weighted by molar-refractivity contribution is 9.10. The molecule has 1 amide bonds. The van der Waals surface area contributed by atoms with Crippen molar-refractivity contribution >= 4 is 27.5 Å². The molecule has 26 heavy (non-hydrogen) atoms. The van der Waals surface area contributed by atoms with Crippen molar-refractivity contribution in [2.75, 3.05) is 11.4 Å². The van der Waals surface area contributed by atoms with E-state index in [1.165, 1.54) is 19.3 Å². The summed E-state index contributed by atoms with van der Waals surface area (Å²) in [5, 5.41) is 9.98. The Morgan fingerprint density at radius 1 is 1.31 bits per heavy atom. The maximum atomic E-state index is 13.2. The molecule has 6 heteroatoms. The van der Waals surface area contributed by atoms with E-state index in [0.717, 1.165) is 41.2 Å². The Morgan fingerprint density at radius 3 is 2.69 bits per heavy atom. The second-order valence-electron chi connectivity index (χ2n) is 9.01. The molecule has 1 aromatic rings. The van der Waals surface area contributed by atoms with E-state index < -0.39 is 5.41 Å². The molecule has 1 saturated heterocycles. The third kappa shape index (κ3) is 2.05. The average molecular weight is 415 g/mol. The summed E-state index contributed by atoms with van der Waals surface area (Å²) < 4.78 is 0.884. The lowest BCUT2D eigenvalue weighted by Crippen LogP contribution is -2.65. The van der Waals surface area contributed by atoms with Crippen molar-refractivity contribution < 1.29 is 4.79 Å². The maximum Gasteiger partial charge on any atom is 0.239 e. The molecule has 0 spiro atoms. The van der Waals surface area contributed by atoms with Crippen molar-refractivity contribution in [2.45, 2.75) is 69.0 Å². The van der Waals surface area contributed by atoms with Crippen LogP contribution in [0.25, 0.3) is 0 Å². The van der Waals surface area contributed by atoms with Gasteiger partial charge in [0.25, 0.3) is 0 Å². The van der Waals surface area contributed by atoms with Gasteiger partial charge in [0.2, 0.25) is 5.91 Å². The molecule has 5 rings (SSSR count). The fourth-order valence-electron chi connectivity index (χ4n) is 5.71. The highest BCUT2D eigenvalue weighted by atomic mass is 79.9. The number of likely N-dealkylation sites (tertiary alicyclic amines) is 1. The number of nitrogens with zero attached hydrogens (tertiary/aromatic N) is 4. The van der Waals surface area contributed by atoms with Gasteiger partial charge in [0.15, 0.2) is 0 Å². The number of pyridine rings is 1. The first-order valence-electron chi connectivity index (χ1n) is 9.53. The molecule has 136 valence electrons. The number of hydrogen-bond acceptors (Lipinski definition) is 4. The first-order valence-corrected chi connectivity index (χ1v) is 10.3. The van der Waals surface area contributed by atoms with Crippen LogP contribution in [0.15, 0.2) is 16.7 Å². The van der Waals surface area contributed by atoms with Gasteiger partial charge in [-0.15, -0.1) is 0 Å². The van der Waals surface area contributed by atoms with E-state index >= 15 is 0 Å². The molecular formula is C20H23BrN4O. The highest BCUT2D eigenvalue weighted by Crippen LogP contribution is 2.52. The van der Waals surface area contributed by atoms with Crippen LogP contribution in [0.1, 0.15) is 51.6 Å². The van der Waals surface area contributed by atoms with Gasteiger partial charge in [-0.05, 0) is 61.0 Å². The number of anilines is 1. The first-order chi connectivity index (χ1) is 12.4. The quantitative estimate of drug-likeness (QED) is 0.743. The van der Waals surface area contributed by atoms with Crippen molar-refractivity contribution in [3.63, 3.8) is 0 Å². The van der Waals surface area contributed by atoms with E-state index in [9.17, 15) is 10.1 Å². The van der Waals surface area contributed by atoms with Crippen molar-refractivity contribution in [2.24, 2.45) is 5.92 Å². The normalized spacial score (nSPS) is 37.5. The SMILES string of the molecule is CC1(C)C(=O)N(C2CC(C#N)(N3CC4CC[C@@H]3C4)C2)c2cc(Br)cnc21. The number of aromatic nitrogens is 1. The van der Waals surface area contributed by atoms with Crippen LogP contribution in [0.3, 0.4) is 0 Å². The molecule has 5 nitrogen and oxygen atoms in total. The number of rotatable bonds is 2. The van der Waals surface area contributed by atoms with Gasteiger partial charge in [0.05, 0.1) is 22.9 Å². The van der Waals surface area contributed by atoms with Crippen LogP contribution in [0.5, 0.6) is 0 Å². The molecule has 4 aliphatic rings. The summed E-state index contributed by atoms with van der Waals surface area (Å²) >= 11 is 3.49. The molecule has 2 aliphatic carbocycles. The summed E-state index contributed by atoms with van der Waals surface area (Å²) in [5.41, 5.74) is 0.777. The van der Waals surface area contributed by atoms with Crippen LogP contribution in [0.4, 0.5) is 5.69 Å². The number of carbonyl (C=O) groups is 1. The summed E-state index contributed by atoms with van der Waals surface area (Å²) in [7, 11) is 0. The van der Waals surface area contributed by atoms with Gasteiger partial charge in [-0.3, -0.25) is 14.7 Å². The second-order valence-corrected chi connectivity index (χ2v) is 9.93. The van der Waals surface area contributed by atoms with Crippen molar-refractivity contribution in [1.82, 2.24) is 9.88 Å². The van der Waals surface area contributed by atoms with E-state index in [1.807, 2.05) is 24.8 Å². The molecule has 3 fully saturated rings. The number of amides is 1. The average Bonchev–Trinajstić information content (AvgIpc) is 3.24. The van der Waals surface area contributed by atoms with Crippen LogP contribution < -0.4 is 4.90 Å². The van der Waals surface area contributed by atoms with E-state index in [0.29, 0.717) is 6.04 Å². The predicted molar refractivity (Wildman–Crippen MR) is 102 cm³/mol. The van der Waals surface area contributed by atoms with Crippen molar-refractivity contribution in [3.8, 4) is 6.07 Å². The zero-order chi connectivity index (χ0) is 18.3. The van der Waals surface area contributed by atoms with Crippen molar-refractivity contribution in [1.29, 1.82) is 5.26 Å². The second kappa shape index (κ2) is 5.30. The fraction of sp³-hybridized carbons (Fsp3) is 0.650. The zero-order valence-corrected chi connectivity index (χ0v) is 16.8. The first kappa shape index (κ1) is 16.7. The summed E-state index contributed by atoms with van der Waals surface area (Å²) in [6.07, 6.45) is 7.06. The molecule has 2 atom stereocenters. The van der Waals surface area contributed by atoms with Crippen LogP contribution in [0, 0.1) is 17.2 Å².